The quantitative estimate of drug-likeness (QED) is 0.435. The Morgan fingerprint density at radius 3 is 2.48 bits per heavy atom. The van der Waals surface area contributed by atoms with E-state index in [2.05, 4.69) is 14.9 Å². The molecule has 1 amide bonds. The number of nitrogens with zero attached hydrogens (tertiary/aromatic N) is 5. The fraction of sp³-hybridized carbons (Fsp3) is 0.643. The number of carbonyl (C=O) groups excluding carboxylic acids is 2. The molecule has 40 heavy (non-hydrogen) atoms. The molecule has 5 rings (SSSR count). The van der Waals surface area contributed by atoms with E-state index in [0.717, 1.165) is 44.9 Å². The Kier molecular flexibility index (Phi) is 8.51. The smallest absolute Gasteiger partial charge is 0.437 e. The van der Waals surface area contributed by atoms with Crippen molar-refractivity contribution >= 4 is 23.7 Å². The fourth-order valence-electron chi connectivity index (χ4n) is 5.71. The zero-order valence-corrected chi connectivity index (χ0v) is 22.8. The van der Waals surface area contributed by atoms with E-state index in [1.807, 2.05) is 6.92 Å². The Morgan fingerprint density at radius 1 is 1.00 bits per heavy atom. The summed E-state index contributed by atoms with van der Waals surface area (Å²) in [6.07, 6.45) is 2.78. The highest BCUT2D eigenvalue weighted by atomic mass is 19.4. The third-order valence-corrected chi connectivity index (χ3v) is 7.89. The number of alkyl halides is 3. The first-order valence-corrected chi connectivity index (χ1v) is 14.2. The van der Waals surface area contributed by atoms with Crippen LogP contribution in [0.4, 0.5) is 29.8 Å². The van der Waals surface area contributed by atoms with Crippen LogP contribution < -0.4 is 9.80 Å². The molecule has 1 aliphatic carbocycles. The molecule has 2 aromatic rings. The second kappa shape index (κ2) is 12.1. The Morgan fingerprint density at radius 2 is 1.77 bits per heavy atom. The molecule has 0 spiro atoms. The summed E-state index contributed by atoms with van der Waals surface area (Å²) in [5.74, 6) is -0.574. The second-order valence-electron chi connectivity index (χ2n) is 11.1. The number of ether oxygens (including phenoxy) is 1. The van der Waals surface area contributed by atoms with Gasteiger partial charge in [0, 0.05) is 51.9 Å². The van der Waals surface area contributed by atoms with Crippen LogP contribution in [-0.2, 0) is 17.3 Å². The van der Waals surface area contributed by atoms with Crippen molar-refractivity contribution in [1.29, 1.82) is 0 Å². The van der Waals surface area contributed by atoms with Crippen molar-refractivity contribution in [2.24, 2.45) is 5.92 Å². The monoisotopic (exact) mass is 563 g/mol. The number of rotatable bonds is 6. The van der Waals surface area contributed by atoms with Gasteiger partial charge in [-0.25, -0.2) is 9.78 Å². The average molecular weight is 564 g/mol. The summed E-state index contributed by atoms with van der Waals surface area (Å²) in [5.41, 5.74) is -0.807. The van der Waals surface area contributed by atoms with Crippen LogP contribution in [0.15, 0.2) is 22.7 Å². The summed E-state index contributed by atoms with van der Waals surface area (Å²) in [6.45, 7) is 5.49. The molecule has 1 unspecified atom stereocenters. The highest BCUT2D eigenvalue weighted by Crippen LogP contribution is 2.35. The van der Waals surface area contributed by atoms with Gasteiger partial charge in [-0.15, -0.1) is 0 Å². The van der Waals surface area contributed by atoms with Crippen molar-refractivity contribution in [1.82, 2.24) is 14.9 Å². The molecule has 12 heteroatoms. The van der Waals surface area contributed by atoms with E-state index in [0.29, 0.717) is 56.6 Å². The van der Waals surface area contributed by atoms with Crippen molar-refractivity contribution in [3.8, 4) is 0 Å². The topological polar surface area (TPSA) is 92.0 Å². The Balaban J connectivity index is 1.21. The van der Waals surface area contributed by atoms with Gasteiger partial charge >= 0.3 is 12.3 Å². The number of hydrogen-bond acceptors (Lipinski definition) is 8. The van der Waals surface area contributed by atoms with Crippen LogP contribution in [0.2, 0.25) is 0 Å². The number of piperidine rings is 1. The van der Waals surface area contributed by atoms with Gasteiger partial charge < -0.3 is 23.9 Å². The number of Topliss-reactive ketones (excluding diaryl/α,β-unsaturated/α-hetero) is 1. The molecule has 218 valence electrons. The van der Waals surface area contributed by atoms with Crippen LogP contribution in [0.3, 0.4) is 0 Å². The lowest BCUT2D eigenvalue weighted by Gasteiger charge is -2.29. The highest BCUT2D eigenvalue weighted by Gasteiger charge is 2.42. The third-order valence-electron chi connectivity index (χ3n) is 7.89. The molecule has 0 radical (unpaired) electrons. The minimum Gasteiger partial charge on any atom is -0.446 e. The molecule has 3 aliphatic rings. The largest absolute Gasteiger partial charge is 0.446 e. The number of aromatic nitrogens is 2. The lowest BCUT2D eigenvalue weighted by molar-refractivity contribution is -0.141. The summed E-state index contributed by atoms with van der Waals surface area (Å²) in [6, 6.07) is 3.28. The summed E-state index contributed by atoms with van der Waals surface area (Å²) in [7, 11) is 0. The fourth-order valence-corrected chi connectivity index (χ4v) is 5.71. The number of pyridine rings is 1. The molecule has 1 saturated carbocycles. The van der Waals surface area contributed by atoms with Crippen LogP contribution in [0.25, 0.3) is 0 Å². The first kappa shape index (κ1) is 28.2. The van der Waals surface area contributed by atoms with E-state index in [9.17, 15) is 22.8 Å². The lowest BCUT2D eigenvalue weighted by atomic mass is 10.0. The van der Waals surface area contributed by atoms with Crippen molar-refractivity contribution in [2.45, 2.75) is 70.6 Å². The predicted molar refractivity (Wildman–Crippen MR) is 142 cm³/mol. The Hall–Kier alpha value is -3.31. The Bertz CT molecular complexity index is 1180. The maximum atomic E-state index is 13.7. The van der Waals surface area contributed by atoms with Crippen molar-refractivity contribution < 1.29 is 31.9 Å². The maximum absolute atomic E-state index is 13.7. The molecule has 1 atom stereocenters. The normalized spacial score (nSPS) is 21.0. The molecule has 0 N–H and O–H groups in total. The van der Waals surface area contributed by atoms with Gasteiger partial charge in [0.05, 0.1) is 0 Å². The van der Waals surface area contributed by atoms with E-state index in [-0.39, 0.29) is 24.6 Å². The average Bonchev–Trinajstić information content (AvgIpc) is 3.54. The summed E-state index contributed by atoms with van der Waals surface area (Å²) in [4.78, 5) is 39.1. The van der Waals surface area contributed by atoms with E-state index < -0.39 is 23.4 Å². The minimum atomic E-state index is -4.81. The first-order valence-electron chi connectivity index (χ1n) is 14.2. The number of ketones is 1. The van der Waals surface area contributed by atoms with Crippen LogP contribution >= 0.6 is 0 Å². The van der Waals surface area contributed by atoms with Gasteiger partial charge in [-0.05, 0) is 62.5 Å². The molecule has 0 aromatic carbocycles. The molecular weight excluding hydrogens is 527 g/mol. The van der Waals surface area contributed by atoms with Gasteiger partial charge in [0.15, 0.2) is 5.69 Å². The SMILES string of the molecule is CC1CCCN(c2nc(C(F)(F)F)c(C(=O)Cc3ccc(N4CCCN(C(=O)OC5CCCC5)CC4)nc3)o2)C1. The van der Waals surface area contributed by atoms with Gasteiger partial charge in [-0.2, -0.15) is 18.2 Å². The molecule has 0 bridgehead atoms. The molecular formula is C28H36F3N5O4. The van der Waals surface area contributed by atoms with Gasteiger partial charge in [-0.1, -0.05) is 13.0 Å². The third kappa shape index (κ3) is 6.69. The number of amides is 1. The molecule has 2 aromatic heterocycles. The van der Waals surface area contributed by atoms with E-state index in [1.165, 1.54) is 6.20 Å². The first-order chi connectivity index (χ1) is 19.2. The Labute approximate surface area is 231 Å². The van der Waals surface area contributed by atoms with Crippen LogP contribution in [0.1, 0.15) is 73.7 Å². The van der Waals surface area contributed by atoms with Gasteiger partial charge in [0.2, 0.25) is 11.5 Å². The molecule has 9 nitrogen and oxygen atoms in total. The van der Waals surface area contributed by atoms with Crippen LogP contribution in [-0.4, -0.2) is 72.1 Å². The number of hydrogen-bond donors (Lipinski definition) is 0. The maximum Gasteiger partial charge on any atom is 0.437 e. The second-order valence-corrected chi connectivity index (χ2v) is 11.1. The number of halogens is 3. The van der Waals surface area contributed by atoms with Gasteiger partial charge in [0.25, 0.3) is 6.01 Å². The summed E-state index contributed by atoms with van der Waals surface area (Å²) >= 11 is 0. The number of carbonyl (C=O) groups is 2. The highest BCUT2D eigenvalue weighted by molar-refractivity contribution is 5.96. The summed E-state index contributed by atoms with van der Waals surface area (Å²) in [5, 5.41) is 0. The van der Waals surface area contributed by atoms with E-state index >= 15 is 0 Å². The van der Waals surface area contributed by atoms with E-state index in [1.54, 1.807) is 21.9 Å². The zero-order chi connectivity index (χ0) is 28.3. The van der Waals surface area contributed by atoms with Crippen molar-refractivity contribution in [3.05, 3.63) is 35.3 Å². The molecule has 2 saturated heterocycles. The zero-order valence-electron chi connectivity index (χ0n) is 22.8. The number of oxazole rings is 1. The standard InChI is InChI=1S/C28H36F3N5O4/c1-19-6-4-11-36(18-19)26-33-25(28(29,30)31)24(40-26)22(37)16-20-9-10-23(32-17-20)34-12-5-13-35(15-14-34)27(38)39-21-7-2-3-8-21/h9-10,17,19,21H,2-8,11-16,18H2,1H3. The predicted octanol–water partition coefficient (Wildman–Crippen LogP) is 5.34. The minimum absolute atomic E-state index is 0.0213. The van der Waals surface area contributed by atoms with Crippen molar-refractivity contribution in [3.63, 3.8) is 0 Å². The van der Waals surface area contributed by atoms with Crippen molar-refractivity contribution in [2.75, 3.05) is 49.1 Å². The van der Waals surface area contributed by atoms with Gasteiger partial charge in [-0.3, -0.25) is 4.79 Å². The lowest BCUT2D eigenvalue weighted by Crippen LogP contribution is -2.37. The van der Waals surface area contributed by atoms with Gasteiger partial charge in [0.1, 0.15) is 11.9 Å². The molecule has 2 aliphatic heterocycles. The van der Waals surface area contributed by atoms with Crippen LogP contribution in [0.5, 0.6) is 0 Å². The van der Waals surface area contributed by atoms with E-state index in [4.69, 9.17) is 9.15 Å². The summed E-state index contributed by atoms with van der Waals surface area (Å²) < 4.78 is 52.3. The molecule has 3 fully saturated rings. The molecule has 4 heterocycles. The van der Waals surface area contributed by atoms with Crippen LogP contribution in [0, 0.1) is 5.92 Å². The number of anilines is 2.